The molecule has 2 N–H and O–H groups in total. The van der Waals surface area contributed by atoms with Crippen LogP contribution in [0, 0.1) is 23.2 Å². The quantitative estimate of drug-likeness (QED) is 0.805. The van der Waals surface area contributed by atoms with Gasteiger partial charge in [0, 0.05) is 31.0 Å². The summed E-state index contributed by atoms with van der Waals surface area (Å²) in [6.07, 6.45) is 3.29. The van der Waals surface area contributed by atoms with Gasteiger partial charge in [-0.2, -0.15) is 0 Å². The zero-order valence-electron chi connectivity index (χ0n) is 13.9. The number of carbonyl (C=O) groups is 1. The van der Waals surface area contributed by atoms with Crippen LogP contribution >= 0.6 is 0 Å². The molecule has 0 aromatic rings. The van der Waals surface area contributed by atoms with E-state index in [1.54, 1.807) is 0 Å². The Hall–Kier alpha value is -0.610. The Labute approximate surface area is 128 Å². The molecule has 3 fully saturated rings. The summed E-state index contributed by atoms with van der Waals surface area (Å²) in [7, 11) is 0. The molecule has 1 aliphatic carbocycles. The lowest BCUT2D eigenvalue weighted by atomic mass is 9.46. The van der Waals surface area contributed by atoms with Crippen molar-refractivity contribution in [2.75, 3.05) is 19.7 Å². The molecule has 21 heavy (non-hydrogen) atoms. The van der Waals surface area contributed by atoms with Crippen molar-refractivity contribution in [1.82, 2.24) is 4.90 Å². The first-order valence-electron chi connectivity index (χ1n) is 8.50. The fourth-order valence-electron chi connectivity index (χ4n) is 4.72. The molecular weight excluding hydrogens is 264 g/mol. The third kappa shape index (κ3) is 1.98. The smallest absolute Gasteiger partial charge is 0.243 e. The number of ether oxygens (including phenoxy) is 1. The van der Waals surface area contributed by atoms with Gasteiger partial charge in [0.05, 0.1) is 6.10 Å². The average molecular weight is 294 g/mol. The molecule has 0 radical (unpaired) electrons. The molecule has 3 rings (SSSR count). The predicted octanol–water partition coefficient (Wildman–Crippen LogP) is 2.02. The lowest BCUT2D eigenvalue weighted by molar-refractivity contribution is -0.231. The van der Waals surface area contributed by atoms with Gasteiger partial charge in [-0.25, -0.2) is 0 Å². The molecule has 3 aliphatic rings. The van der Waals surface area contributed by atoms with E-state index in [1.165, 1.54) is 0 Å². The number of nitrogens with zero attached hydrogens (tertiary/aromatic N) is 1. The number of hydrogen-bond acceptors (Lipinski definition) is 3. The Morgan fingerprint density at radius 1 is 1.24 bits per heavy atom. The average Bonchev–Trinajstić information content (AvgIpc) is 2.48. The van der Waals surface area contributed by atoms with E-state index in [0.717, 1.165) is 39.0 Å². The van der Waals surface area contributed by atoms with E-state index in [1.807, 2.05) is 4.90 Å². The first-order chi connectivity index (χ1) is 9.80. The number of likely N-dealkylation sites (tertiary alicyclic amines) is 1. The number of carbonyl (C=O) groups excluding carboxylic acids is 1. The van der Waals surface area contributed by atoms with E-state index in [0.29, 0.717) is 11.8 Å². The molecule has 5 unspecified atom stereocenters. The van der Waals surface area contributed by atoms with Gasteiger partial charge in [0.15, 0.2) is 0 Å². The van der Waals surface area contributed by atoms with Crippen LogP contribution in [0.15, 0.2) is 0 Å². The monoisotopic (exact) mass is 294 g/mol. The zero-order chi connectivity index (χ0) is 15.4. The molecular formula is C17H30N2O2. The summed E-state index contributed by atoms with van der Waals surface area (Å²) < 4.78 is 5.91. The maximum Gasteiger partial charge on any atom is 0.243 e. The van der Waals surface area contributed by atoms with Crippen LogP contribution in [0.5, 0.6) is 0 Å². The second-order valence-corrected chi connectivity index (χ2v) is 8.13. The van der Waals surface area contributed by atoms with Gasteiger partial charge >= 0.3 is 0 Å². The van der Waals surface area contributed by atoms with Gasteiger partial charge < -0.3 is 15.4 Å². The van der Waals surface area contributed by atoms with Gasteiger partial charge in [0.2, 0.25) is 5.91 Å². The van der Waals surface area contributed by atoms with Crippen LogP contribution in [0.2, 0.25) is 0 Å². The summed E-state index contributed by atoms with van der Waals surface area (Å²) in [6.45, 7) is 11.3. The number of amides is 1. The summed E-state index contributed by atoms with van der Waals surface area (Å²) >= 11 is 0. The fraction of sp³-hybridized carbons (Fsp3) is 0.941. The van der Waals surface area contributed by atoms with Crippen LogP contribution in [0.3, 0.4) is 0 Å². The highest BCUT2D eigenvalue weighted by Gasteiger charge is 2.70. The summed E-state index contributed by atoms with van der Waals surface area (Å²) in [5.74, 6) is 1.62. The molecule has 1 amide bonds. The van der Waals surface area contributed by atoms with Crippen molar-refractivity contribution in [2.24, 2.45) is 28.9 Å². The third-order valence-corrected chi connectivity index (χ3v) is 6.66. The Balaban J connectivity index is 1.80. The molecule has 5 atom stereocenters. The number of nitrogens with two attached hydrogens (primary N) is 1. The van der Waals surface area contributed by atoms with Crippen LogP contribution in [0.4, 0.5) is 0 Å². The largest absolute Gasteiger partial charge is 0.377 e. The standard InChI is InChI=1S/C17H30N2O2/c1-11-7-8-19(10-12(11)2)15(20)17(18)13-6-5-9-21-14(13)16(17,3)4/h11-14H,5-10,18H2,1-4H3. The van der Waals surface area contributed by atoms with Gasteiger partial charge in [-0.05, 0) is 31.1 Å². The molecule has 4 nitrogen and oxygen atoms in total. The van der Waals surface area contributed by atoms with E-state index in [2.05, 4.69) is 27.7 Å². The van der Waals surface area contributed by atoms with Gasteiger partial charge in [-0.15, -0.1) is 0 Å². The second kappa shape index (κ2) is 4.95. The predicted molar refractivity (Wildman–Crippen MR) is 82.7 cm³/mol. The highest BCUT2D eigenvalue weighted by Crippen LogP contribution is 2.58. The van der Waals surface area contributed by atoms with Crippen molar-refractivity contribution >= 4 is 5.91 Å². The summed E-state index contributed by atoms with van der Waals surface area (Å²) in [5, 5.41) is 0. The molecule has 120 valence electrons. The van der Waals surface area contributed by atoms with Crippen LogP contribution in [0.1, 0.15) is 47.0 Å². The van der Waals surface area contributed by atoms with E-state index in [4.69, 9.17) is 10.5 Å². The minimum absolute atomic E-state index is 0.154. The Bertz CT molecular complexity index is 437. The lowest BCUT2D eigenvalue weighted by Gasteiger charge is -2.66. The Morgan fingerprint density at radius 3 is 2.62 bits per heavy atom. The highest BCUT2D eigenvalue weighted by molar-refractivity contribution is 5.89. The zero-order valence-corrected chi connectivity index (χ0v) is 13.9. The molecule has 2 saturated heterocycles. The maximum absolute atomic E-state index is 13.2. The topological polar surface area (TPSA) is 55.6 Å². The molecule has 0 spiro atoms. The Morgan fingerprint density at radius 2 is 1.95 bits per heavy atom. The van der Waals surface area contributed by atoms with Crippen molar-refractivity contribution in [3.05, 3.63) is 0 Å². The van der Waals surface area contributed by atoms with Crippen molar-refractivity contribution in [2.45, 2.75) is 58.6 Å². The van der Waals surface area contributed by atoms with Gasteiger partial charge in [0.1, 0.15) is 5.54 Å². The molecule has 0 aromatic heterocycles. The highest BCUT2D eigenvalue weighted by atomic mass is 16.5. The van der Waals surface area contributed by atoms with Gasteiger partial charge in [0.25, 0.3) is 0 Å². The third-order valence-electron chi connectivity index (χ3n) is 6.66. The molecule has 4 heteroatoms. The molecule has 0 bridgehead atoms. The van der Waals surface area contributed by atoms with Crippen molar-refractivity contribution < 1.29 is 9.53 Å². The minimum Gasteiger partial charge on any atom is -0.377 e. The van der Waals surface area contributed by atoms with Crippen molar-refractivity contribution in [3.63, 3.8) is 0 Å². The molecule has 1 saturated carbocycles. The van der Waals surface area contributed by atoms with E-state index in [9.17, 15) is 4.79 Å². The first-order valence-corrected chi connectivity index (χ1v) is 8.50. The van der Waals surface area contributed by atoms with Crippen molar-refractivity contribution in [1.29, 1.82) is 0 Å². The maximum atomic E-state index is 13.2. The summed E-state index contributed by atoms with van der Waals surface area (Å²) in [6, 6.07) is 0. The second-order valence-electron chi connectivity index (χ2n) is 8.13. The van der Waals surface area contributed by atoms with Crippen LogP contribution < -0.4 is 5.73 Å². The summed E-state index contributed by atoms with van der Waals surface area (Å²) in [5.41, 5.74) is 5.72. The number of fused-ring (bicyclic) bond motifs is 1. The summed E-state index contributed by atoms with van der Waals surface area (Å²) in [4.78, 5) is 15.2. The van der Waals surface area contributed by atoms with Gasteiger partial charge in [-0.3, -0.25) is 4.79 Å². The van der Waals surface area contributed by atoms with E-state index >= 15 is 0 Å². The van der Waals surface area contributed by atoms with E-state index < -0.39 is 5.54 Å². The SMILES string of the molecule is CC1CCN(C(=O)C2(N)C3CCCOC3C2(C)C)CC1C. The number of rotatable bonds is 1. The number of piperidine rings is 1. The molecule has 2 heterocycles. The fourth-order valence-corrected chi connectivity index (χ4v) is 4.72. The van der Waals surface area contributed by atoms with E-state index in [-0.39, 0.29) is 23.3 Å². The van der Waals surface area contributed by atoms with Gasteiger partial charge in [-0.1, -0.05) is 27.7 Å². The lowest BCUT2D eigenvalue weighted by Crippen LogP contribution is -2.82. The minimum atomic E-state index is -0.738. The number of hydrogen-bond donors (Lipinski definition) is 1. The van der Waals surface area contributed by atoms with Crippen LogP contribution in [-0.4, -0.2) is 42.1 Å². The molecule has 2 aliphatic heterocycles. The Kier molecular flexibility index (Phi) is 3.61. The molecule has 0 aromatic carbocycles. The normalized spacial score (nSPS) is 45.7. The van der Waals surface area contributed by atoms with Crippen LogP contribution in [0.25, 0.3) is 0 Å². The first kappa shape index (κ1) is 15.3. The van der Waals surface area contributed by atoms with Crippen molar-refractivity contribution in [3.8, 4) is 0 Å². The van der Waals surface area contributed by atoms with Crippen LogP contribution in [-0.2, 0) is 9.53 Å².